The molecule has 1 aromatic heterocycles. The van der Waals surface area contributed by atoms with Crippen molar-refractivity contribution < 1.29 is 0 Å². The van der Waals surface area contributed by atoms with E-state index in [9.17, 15) is 0 Å². The van der Waals surface area contributed by atoms with Gasteiger partial charge in [0.05, 0.1) is 0 Å². The van der Waals surface area contributed by atoms with Gasteiger partial charge in [-0.25, -0.2) is 0 Å². The maximum absolute atomic E-state index is 4.60. The van der Waals surface area contributed by atoms with Crippen molar-refractivity contribution in [3.63, 3.8) is 0 Å². The summed E-state index contributed by atoms with van der Waals surface area (Å²) in [6.45, 7) is 6.03. The predicted octanol–water partition coefficient (Wildman–Crippen LogP) is 2.38. The van der Waals surface area contributed by atoms with Crippen molar-refractivity contribution in [2.24, 2.45) is 4.99 Å². The molecule has 0 amide bonds. The SMILES string of the molecule is CCNC(=NCC(C)c1ccsc1)N(C)C. The summed E-state index contributed by atoms with van der Waals surface area (Å²) in [7, 11) is 4.02. The van der Waals surface area contributed by atoms with Gasteiger partial charge in [-0.1, -0.05) is 6.92 Å². The molecule has 0 aliphatic rings. The lowest BCUT2D eigenvalue weighted by molar-refractivity contribution is 0.580. The van der Waals surface area contributed by atoms with E-state index in [-0.39, 0.29) is 0 Å². The van der Waals surface area contributed by atoms with E-state index in [0.29, 0.717) is 5.92 Å². The molecule has 0 saturated carbocycles. The molecule has 1 unspecified atom stereocenters. The second-order valence-corrected chi connectivity index (χ2v) is 4.83. The van der Waals surface area contributed by atoms with Gasteiger partial charge < -0.3 is 10.2 Å². The van der Waals surface area contributed by atoms with E-state index in [1.54, 1.807) is 11.3 Å². The fourth-order valence-corrected chi connectivity index (χ4v) is 2.18. The smallest absolute Gasteiger partial charge is 0.193 e. The van der Waals surface area contributed by atoms with Gasteiger partial charge in [0.25, 0.3) is 0 Å². The van der Waals surface area contributed by atoms with E-state index < -0.39 is 0 Å². The third-order valence-electron chi connectivity index (χ3n) is 2.39. The topological polar surface area (TPSA) is 27.6 Å². The number of rotatable bonds is 4. The molecule has 0 aliphatic carbocycles. The Kier molecular flexibility index (Phi) is 5.32. The Morgan fingerprint density at radius 2 is 2.31 bits per heavy atom. The maximum atomic E-state index is 4.60. The van der Waals surface area contributed by atoms with Gasteiger partial charge in [-0.2, -0.15) is 11.3 Å². The highest BCUT2D eigenvalue weighted by Crippen LogP contribution is 2.18. The van der Waals surface area contributed by atoms with Crippen LogP contribution in [-0.2, 0) is 0 Å². The van der Waals surface area contributed by atoms with E-state index in [0.717, 1.165) is 19.0 Å². The molecule has 0 bridgehead atoms. The van der Waals surface area contributed by atoms with Crippen LogP contribution in [0.25, 0.3) is 0 Å². The lowest BCUT2D eigenvalue weighted by Gasteiger charge is -2.17. The van der Waals surface area contributed by atoms with Crippen molar-refractivity contribution in [3.05, 3.63) is 22.4 Å². The minimum atomic E-state index is 0.486. The van der Waals surface area contributed by atoms with E-state index in [1.807, 2.05) is 19.0 Å². The Hall–Kier alpha value is -1.03. The van der Waals surface area contributed by atoms with Gasteiger partial charge in [0.15, 0.2) is 5.96 Å². The highest BCUT2D eigenvalue weighted by molar-refractivity contribution is 7.07. The number of nitrogens with zero attached hydrogens (tertiary/aromatic N) is 2. The molecule has 0 aliphatic heterocycles. The fraction of sp³-hybridized carbons (Fsp3) is 0.583. The molecule has 1 rings (SSSR count). The fourth-order valence-electron chi connectivity index (χ4n) is 1.40. The second kappa shape index (κ2) is 6.53. The Balaban J connectivity index is 2.56. The van der Waals surface area contributed by atoms with Gasteiger partial charge in [-0.3, -0.25) is 4.99 Å². The molecule has 0 radical (unpaired) electrons. The molecular formula is C12H21N3S. The van der Waals surface area contributed by atoms with Crippen LogP contribution in [0.4, 0.5) is 0 Å². The third kappa shape index (κ3) is 3.85. The summed E-state index contributed by atoms with van der Waals surface area (Å²) in [5.41, 5.74) is 1.38. The largest absolute Gasteiger partial charge is 0.357 e. The van der Waals surface area contributed by atoms with Crippen LogP contribution < -0.4 is 5.32 Å². The van der Waals surface area contributed by atoms with Gasteiger partial charge in [-0.05, 0) is 29.3 Å². The minimum Gasteiger partial charge on any atom is -0.357 e. The highest BCUT2D eigenvalue weighted by Gasteiger charge is 2.06. The zero-order chi connectivity index (χ0) is 12.0. The van der Waals surface area contributed by atoms with Gasteiger partial charge in [-0.15, -0.1) is 0 Å². The molecule has 1 heterocycles. The van der Waals surface area contributed by atoms with Crippen molar-refractivity contribution in [3.8, 4) is 0 Å². The Labute approximate surface area is 102 Å². The van der Waals surface area contributed by atoms with Crippen LogP contribution >= 0.6 is 11.3 Å². The summed E-state index contributed by atoms with van der Waals surface area (Å²) in [5, 5.41) is 7.58. The maximum Gasteiger partial charge on any atom is 0.193 e. The molecule has 1 N–H and O–H groups in total. The molecular weight excluding hydrogens is 218 g/mol. The minimum absolute atomic E-state index is 0.486. The van der Waals surface area contributed by atoms with E-state index in [2.05, 4.69) is 41.0 Å². The second-order valence-electron chi connectivity index (χ2n) is 4.05. The number of thiophene rings is 1. The van der Waals surface area contributed by atoms with Gasteiger partial charge in [0, 0.05) is 33.1 Å². The van der Waals surface area contributed by atoms with Crippen molar-refractivity contribution in [2.45, 2.75) is 19.8 Å². The summed E-state index contributed by atoms with van der Waals surface area (Å²) in [6.07, 6.45) is 0. The van der Waals surface area contributed by atoms with Crippen LogP contribution in [0.3, 0.4) is 0 Å². The average Bonchev–Trinajstić information content (AvgIpc) is 2.76. The summed E-state index contributed by atoms with van der Waals surface area (Å²) in [4.78, 5) is 6.62. The van der Waals surface area contributed by atoms with Crippen LogP contribution in [0.2, 0.25) is 0 Å². The zero-order valence-electron chi connectivity index (χ0n) is 10.5. The van der Waals surface area contributed by atoms with E-state index in [1.165, 1.54) is 5.56 Å². The molecule has 1 atom stereocenters. The van der Waals surface area contributed by atoms with E-state index >= 15 is 0 Å². The Bertz CT molecular complexity index is 317. The van der Waals surface area contributed by atoms with Crippen LogP contribution in [-0.4, -0.2) is 38.0 Å². The standard InChI is InChI=1S/C12H21N3S/c1-5-13-12(15(3)4)14-8-10(2)11-6-7-16-9-11/h6-7,9-10H,5,8H2,1-4H3,(H,13,14). The quantitative estimate of drug-likeness (QED) is 0.645. The van der Waals surface area contributed by atoms with E-state index in [4.69, 9.17) is 0 Å². The molecule has 0 aromatic carbocycles. The Morgan fingerprint density at radius 1 is 1.56 bits per heavy atom. The molecule has 90 valence electrons. The van der Waals surface area contributed by atoms with Crippen molar-refractivity contribution in [2.75, 3.05) is 27.2 Å². The molecule has 3 nitrogen and oxygen atoms in total. The zero-order valence-corrected chi connectivity index (χ0v) is 11.3. The van der Waals surface area contributed by atoms with Crippen molar-refractivity contribution in [1.82, 2.24) is 10.2 Å². The molecule has 0 saturated heterocycles. The number of hydrogen-bond acceptors (Lipinski definition) is 2. The average molecular weight is 239 g/mol. The van der Waals surface area contributed by atoms with Crippen LogP contribution in [0.5, 0.6) is 0 Å². The third-order valence-corrected chi connectivity index (χ3v) is 3.09. The highest BCUT2D eigenvalue weighted by atomic mass is 32.1. The van der Waals surface area contributed by atoms with Gasteiger partial charge >= 0.3 is 0 Å². The molecule has 0 spiro atoms. The van der Waals surface area contributed by atoms with Crippen molar-refractivity contribution in [1.29, 1.82) is 0 Å². The summed E-state index contributed by atoms with van der Waals surface area (Å²) >= 11 is 1.74. The number of aliphatic imine (C=N–C) groups is 1. The molecule has 0 fully saturated rings. The number of nitrogens with one attached hydrogen (secondary N) is 1. The molecule has 16 heavy (non-hydrogen) atoms. The monoisotopic (exact) mass is 239 g/mol. The molecule has 1 aromatic rings. The van der Waals surface area contributed by atoms with Gasteiger partial charge in [0.1, 0.15) is 0 Å². The lowest BCUT2D eigenvalue weighted by Crippen LogP contribution is -2.36. The number of hydrogen-bond donors (Lipinski definition) is 1. The summed E-state index contributed by atoms with van der Waals surface area (Å²) in [6, 6.07) is 2.17. The summed E-state index contributed by atoms with van der Waals surface area (Å²) < 4.78 is 0. The predicted molar refractivity (Wildman–Crippen MR) is 72.4 cm³/mol. The van der Waals surface area contributed by atoms with Crippen molar-refractivity contribution >= 4 is 17.3 Å². The number of guanidine groups is 1. The normalized spacial score (nSPS) is 13.6. The van der Waals surface area contributed by atoms with Crippen LogP contribution in [0.1, 0.15) is 25.3 Å². The first-order valence-corrected chi connectivity index (χ1v) is 6.57. The van der Waals surface area contributed by atoms with Crippen LogP contribution in [0, 0.1) is 0 Å². The Morgan fingerprint density at radius 3 is 2.81 bits per heavy atom. The first-order chi connectivity index (χ1) is 7.65. The van der Waals surface area contributed by atoms with Gasteiger partial charge in [0.2, 0.25) is 0 Å². The summed E-state index contributed by atoms with van der Waals surface area (Å²) in [5.74, 6) is 1.45. The van der Waals surface area contributed by atoms with Crippen LogP contribution in [0.15, 0.2) is 21.8 Å². The first-order valence-electron chi connectivity index (χ1n) is 5.62. The molecule has 4 heteroatoms. The lowest BCUT2D eigenvalue weighted by atomic mass is 10.1. The first kappa shape index (κ1) is 13.0.